The number of carbonyl (C=O) groups is 2. The summed E-state index contributed by atoms with van der Waals surface area (Å²) in [4.78, 5) is 26.6. The molecule has 0 unspecified atom stereocenters. The highest BCUT2D eigenvalue weighted by Gasteiger charge is 2.24. The van der Waals surface area contributed by atoms with Crippen LogP contribution in [0.1, 0.15) is 35.2 Å². The number of nitrogens with zero attached hydrogens (tertiary/aromatic N) is 1. The van der Waals surface area contributed by atoms with Gasteiger partial charge in [0.15, 0.2) is 0 Å². The molecule has 3 rings (SSSR count). The number of piperidine rings is 1. The Labute approximate surface area is 173 Å². The molecule has 1 fully saturated rings. The van der Waals surface area contributed by atoms with Gasteiger partial charge >= 0.3 is 0 Å². The molecule has 0 aromatic heterocycles. The highest BCUT2D eigenvalue weighted by Crippen LogP contribution is 2.17. The lowest BCUT2D eigenvalue weighted by Crippen LogP contribution is -2.46. The van der Waals surface area contributed by atoms with Crippen LogP contribution in [0.15, 0.2) is 53.0 Å². The molecule has 1 aliphatic heterocycles. The van der Waals surface area contributed by atoms with Crippen LogP contribution < -0.4 is 5.32 Å². The van der Waals surface area contributed by atoms with E-state index in [2.05, 4.69) is 21.2 Å². The third-order valence-electron chi connectivity index (χ3n) is 4.77. The Morgan fingerprint density at radius 2 is 1.81 bits per heavy atom. The molecular weight excluding hydrogens is 428 g/mol. The van der Waals surface area contributed by atoms with Crippen molar-refractivity contribution in [3.8, 4) is 0 Å². The summed E-state index contributed by atoms with van der Waals surface area (Å²) in [5, 5.41) is 3.80. The first-order valence-corrected chi connectivity index (χ1v) is 10.3. The normalized spacial score (nSPS) is 14.8. The predicted molar refractivity (Wildman–Crippen MR) is 111 cm³/mol. The van der Waals surface area contributed by atoms with Gasteiger partial charge in [0.25, 0.3) is 5.91 Å². The van der Waals surface area contributed by atoms with Crippen molar-refractivity contribution in [3.05, 3.63) is 69.2 Å². The van der Waals surface area contributed by atoms with E-state index in [4.69, 9.17) is 11.6 Å². The lowest BCUT2D eigenvalue weighted by Gasteiger charge is -2.32. The maximum Gasteiger partial charge on any atom is 0.253 e. The Morgan fingerprint density at radius 1 is 1.11 bits per heavy atom. The van der Waals surface area contributed by atoms with Gasteiger partial charge in [0.05, 0.1) is 0 Å². The van der Waals surface area contributed by atoms with Crippen LogP contribution in [0.3, 0.4) is 0 Å². The fourth-order valence-corrected chi connectivity index (χ4v) is 3.77. The van der Waals surface area contributed by atoms with Gasteiger partial charge in [-0.05, 0) is 55.2 Å². The van der Waals surface area contributed by atoms with Crippen molar-refractivity contribution in [2.45, 2.75) is 31.7 Å². The Hall–Kier alpha value is -1.85. The highest BCUT2D eigenvalue weighted by molar-refractivity contribution is 9.10. The van der Waals surface area contributed by atoms with Gasteiger partial charge in [-0.15, -0.1) is 0 Å². The number of hydrogen-bond acceptors (Lipinski definition) is 2. The van der Waals surface area contributed by atoms with E-state index in [1.807, 2.05) is 53.4 Å². The molecule has 1 heterocycles. The van der Waals surface area contributed by atoms with E-state index in [1.54, 1.807) is 0 Å². The largest absolute Gasteiger partial charge is 0.353 e. The van der Waals surface area contributed by atoms with Gasteiger partial charge < -0.3 is 10.2 Å². The third kappa shape index (κ3) is 5.81. The molecule has 2 aromatic rings. The van der Waals surface area contributed by atoms with Crippen molar-refractivity contribution < 1.29 is 9.59 Å². The van der Waals surface area contributed by atoms with Gasteiger partial charge in [0, 0.05) is 40.6 Å². The summed E-state index contributed by atoms with van der Waals surface area (Å²) in [5.41, 5.74) is 1.79. The average Bonchev–Trinajstić information content (AvgIpc) is 2.67. The zero-order valence-corrected chi connectivity index (χ0v) is 17.3. The van der Waals surface area contributed by atoms with E-state index in [0.717, 1.165) is 22.9 Å². The summed E-state index contributed by atoms with van der Waals surface area (Å²) in [6.07, 6.45) is 2.72. The van der Waals surface area contributed by atoms with Crippen LogP contribution in [0.25, 0.3) is 0 Å². The first-order valence-electron chi connectivity index (χ1n) is 9.10. The zero-order valence-electron chi connectivity index (χ0n) is 15.0. The Bertz CT molecular complexity index is 802. The van der Waals surface area contributed by atoms with Crippen LogP contribution in [0.2, 0.25) is 5.02 Å². The number of likely N-dealkylation sites (tertiary alicyclic amines) is 1. The maximum absolute atomic E-state index is 12.6. The molecule has 27 heavy (non-hydrogen) atoms. The third-order valence-corrected chi connectivity index (χ3v) is 5.52. The minimum absolute atomic E-state index is 0.0452. The smallest absolute Gasteiger partial charge is 0.253 e. The van der Waals surface area contributed by atoms with Crippen LogP contribution in [0.4, 0.5) is 0 Å². The van der Waals surface area contributed by atoms with E-state index >= 15 is 0 Å². The lowest BCUT2D eigenvalue weighted by molar-refractivity contribution is -0.122. The van der Waals surface area contributed by atoms with E-state index in [-0.39, 0.29) is 17.9 Å². The Morgan fingerprint density at radius 3 is 2.48 bits per heavy atom. The first-order chi connectivity index (χ1) is 13.0. The van der Waals surface area contributed by atoms with Crippen molar-refractivity contribution in [2.75, 3.05) is 13.1 Å². The molecule has 0 spiro atoms. The second-order valence-corrected chi connectivity index (χ2v) is 8.12. The lowest BCUT2D eigenvalue weighted by atomic mass is 10.0. The minimum atomic E-state index is 0.0452. The number of carbonyl (C=O) groups excluding carboxylic acids is 2. The molecule has 2 amide bonds. The van der Waals surface area contributed by atoms with Gasteiger partial charge in [0.1, 0.15) is 0 Å². The Kier molecular flexibility index (Phi) is 6.91. The number of halogens is 2. The molecule has 0 atom stereocenters. The highest BCUT2D eigenvalue weighted by atomic mass is 79.9. The number of rotatable bonds is 5. The SMILES string of the molecule is O=C(CCc1ccc(Cl)cc1)NC1CCN(C(=O)c2cccc(Br)c2)CC1. The van der Waals surface area contributed by atoms with Gasteiger partial charge in [-0.2, -0.15) is 0 Å². The van der Waals surface area contributed by atoms with Gasteiger partial charge in [-0.25, -0.2) is 0 Å². The van der Waals surface area contributed by atoms with Crippen LogP contribution in [-0.4, -0.2) is 35.8 Å². The summed E-state index contributed by atoms with van der Waals surface area (Å²) in [5.74, 6) is 0.102. The van der Waals surface area contributed by atoms with Gasteiger partial charge in [-0.3, -0.25) is 9.59 Å². The number of hydrogen-bond donors (Lipinski definition) is 1. The van der Waals surface area contributed by atoms with Gasteiger partial charge in [0.2, 0.25) is 5.91 Å². The first kappa shape index (κ1) is 19.9. The second kappa shape index (κ2) is 9.38. The molecule has 1 aliphatic rings. The second-order valence-electron chi connectivity index (χ2n) is 6.77. The molecule has 1 N–H and O–H groups in total. The predicted octanol–water partition coefficient (Wildman–Crippen LogP) is 4.46. The van der Waals surface area contributed by atoms with E-state index in [9.17, 15) is 9.59 Å². The molecule has 2 aromatic carbocycles. The fourth-order valence-electron chi connectivity index (χ4n) is 3.24. The molecular formula is C21H22BrClN2O2. The molecule has 0 saturated carbocycles. The van der Waals surface area contributed by atoms with Crippen molar-refractivity contribution in [1.29, 1.82) is 0 Å². The van der Waals surface area contributed by atoms with E-state index in [0.29, 0.717) is 36.5 Å². The zero-order chi connectivity index (χ0) is 19.2. The number of benzene rings is 2. The summed E-state index contributed by atoms with van der Waals surface area (Å²) in [7, 11) is 0. The molecule has 4 nitrogen and oxygen atoms in total. The summed E-state index contributed by atoms with van der Waals surface area (Å²) in [6, 6.07) is 15.1. The molecule has 142 valence electrons. The molecule has 6 heteroatoms. The topological polar surface area (TPSA) is 49.4 Å². The Balaban J connectivity index is 1.43. The molecule has 0 aliphatic carbocycles. The number of nitrogens with one attached hydrogen (secondary N) is 1. The van der Waals surface area contributed by atoms with Crippen molar-refractivity contribution in [1.82, 2.24) is 10.2 Å². The summed E-state index contributed by atoms with van der Waals surface area (Å²) >= 11 is 9.28. The standard InChI is InChI=1S/C21H22BrClN2O2/c22-17-3-1-2-16(14-17)21(27)25-12-10-19(11-13-25)24-20(26)9-6-15-4-7-18(23)8-5-15/h1-5,7-8,14,19H,6,9-13H2,(H,24,26). The van der Waals surface area contributed by atoms with Crippen LogP contribution in [0.5, 0.6) is 0 Å². The summed E-state index contributed by atoms with van der Waals surface area (Å²) in [6.45, 7) is 1.32. The monoisotopic (exact) mass is 448 g/mol. The molecule has 1 saturated heterocycles. The van der Waals surface area contributed by atoms with Gasteiger partial charge in [-0.1, -0.05) is 45.7 Å². The van der Waals surface area contributed by atoms with Crippen molar-refractivity contribution in [2.24, 2.45) is 0 Å². The van der Waals surface area contributed by atoms with Crippen molar-refractivity contribution in [3.63, 3.8) is 0 Å². The number of amides is 2. The average molecular weight is 450 g/mol. The summed E-state index contributed by atoms with van der Waals surface area (Å²) < 4.78 is 0.899. The number of aryl methyl sites for hydroxylation is 1. The van der Waals surface area contributed by atoms with E-state index < -0.39 is 0 Å². The minimum Gasteiger partial charge on any atom is -0.353 e. The quantitative estimate of drug-likeness (QED) is 0.733. The van der Waals surface area contributed by atoms with Crippen LogP contribution >= 0.6 is 27.5 Å². The van der Waals surface area contributed by atoms with Crippen LogP contribution in [-0.2, 0) is 11.2 Å². The van der Waals surface area contributed by atoms with E-state index in [1.165, 1.54) is 0 Å². The maximum atomic E-state index is 12.6. The van der Waals surface area contributed by atoms with Crippen LogP contribution in [0, 0.1) is 0 Å². The fraction of sp³-hybridized carbons (Fsp3) is 0.333. The molecule has 0 bridgehead atoms. The van der Waals surface area contributed by atoms with Crippen molar-refractivity contribution >= 4 is 39.3 Å². The molecule has 0 radical (unpaired) electrons.